The fourth-order valence-corrected chi connectivity index (χ4v) is 6.61. The molecule has 1 saturated carbocycles. The number of aliphatic hydroxyl groups excluding tert-OH is 3. The van der Waals surface area contributed by atoms with Crippen molar-refractivity contribution in [2.45, 2.75) is 69.7 Å². The fraction of sp³-hybridized carbons (Fsp3) is 0.536. The normalized spacial score (nSPS) is 31.2. The number of amides is 1. The Kier molecular flexibility index (Phi) is 6.75. The number of rotatable bonds is 5. The van der Waals surface area contributed by atoms with Crippen molar-refractivity contribution >= 4 is 23.2 Å². The third kappa shape index (κ3) is 3.77. The summed E-state index contributed by atoms with van der Waals surface area (Å²) >= 11 is 0. The van der Waals surface area contributed by atoms with Crippen molar-refractivity contribution < 1.29 is 39.9 Å². The molecule has 0 aromatic heterocycles. The fourth-order valence-electron chi connectivity index (χ4n) is 6.61. The summed E-state index contributed by atoms with van der Waals surface area (Å²) in [6, 6.07) is 3.22. The Bertz CT molecular complexity index is 1280. The molecular formula is C28H36N2O8. The van der Waals surface area contributed by atoms with E-state index in [1.165, 1.54) is 25.1 Å². The molecule has 1 fully saturated rings. The highest BCUT2D eigenvalue weighted by Crippen LogP contribution is 2.56. The summed E-state index contributed by atoms with van der Waals surface area (Å²) in [5.41, 5.74) is -4.30. The highest BCUT2D eigenvalue weighted by Gasteiger charge is 2.68. The lowest BCUT2D eigenvalue weighted by Crippen LogP contribution is -2.70. The Morgan fingerprint density at radius 3 is 2.37 bits per heavy atom. The maximum absolute atomic E-state index is 14.1. The number of likely N-dealkylation sites (N-methyl/N-ethyl adjacent to an activating group) is 1. The molecule has 206 valence electrons. The zero-order valence-corrected chi connectivity index (χ0v) is 22.4. The van der Waals surface area contributed by atoms with Crippen LogP contribution in [0.5, 0.6) is 5.75 Å². The van der Waals surface area contributed by atoms with E-state index in [0.29, 0.717) is 12.0 Å². The van der Waals surface area contributed by atoms with Crippen LogP contribution >= 0.6 is 0 Å². The number of phenols is 1. The second-order valence-corrected chi connectivity index (χ2v) is 11.5. The van der Waals surface area contributed by atoms with Crippen molar-refractivity contribution in [3.63, 3.8) is 0 Å². The second kappa shape index (κ2) is 9.21. The lowest BCUT2D eigenvalue weighted by molar-refractivity contribution is -0.169. The van der Waals surface area contributed by atoms with Gasteiger partial charge in [-0.2, -0.15) is 0 Å². The van der Waals surface area contributed by atoms with Gasteiger partial charge in [0.05, 0.1) is 23.6 Å². The van der Waals surface area contributed by atoms with E-state index in [0.717, 1.165) is 6.42 Å². The van der Waals surface area contributed by atoms with E-state index >= 15 is 0 Å². The van der Waals surface area contributed by atoms with Gasteiger partial charge in [0.2, 0.25) is 5.78 Å². The monoisotopic (exact) mass is 528 g/mol. The van der Waals surface area contributed by atoms with Crippen LogP contribution in [-0.2, 0) is 14.4 Å². The zero-order chi connectivity index (χ0) is 28.5. The van der Waals surface area contributed by atoms with Gasteiger partial charge in [-0.25, -0.2) is 0 Å². The van der Waals surface area contributed by atoms with Crippen LogP contribution in [0.3, 0.4) is 0 Å². The van der Waals surface area contributed by atoms with E-state index < -0.39 is 75.6 Å². The number of aliphatic hydroxyl groups is 4. The minimum atomic E-state index is -2.88. The summed E-state index contributed by atoms with van der Waals surface area (Å²) in [6.07, 6.45) is -0.295. The van der Waals surface area contributed by atoms with Crippen LogP contribution in [0.25, 0.3) is 5.76 Å². The molecule has 38 heavy (non-hydrogen) atoms. The molecule has 0 aliphatic heterocycles. The maximum Gasteiger partial charge on any atom is 0.258 e. The first kappa shape index (κ1) is 27.8. The quantitative estimate of drug-likeness (QED) is 0.312. The Morgan fingerprint density at radius 1 is 1.16 bits per heavy atom. The van der Waals surface area contributed by atoms with Gasteiger partial charge in [0, 0.05) is 17.0 Å². The van der Waals surface area contributed by atoms with Crippen molar-refractivity contribution in [3.8, 4) is 5.75 Å². The molecule has 1 aromatic rings. The van der Waals surface area contributed by atoms with E-state index in [4.69, 9.17) is 0 Å². The number of phenolic OH excluding ortho intramolecular Hbond substituents is 1. The molecule has 10 nitrogen and oxygen atoms in total. The molecule has 3 aliphatic carbocycles. The lowest BCUT2D eigenvalue weighted by Gasteiger charge is -2.53. The summed E-state index contributed by atoms with van der Waals surface area (Å²) in [5, 5.41) is 59.2. The number of fused-ring (bicyclic) bond motifs is 3. The Hall–Kier alpha value is -3.21. The number of Topliss-reactive ketones (excluding diaryl/α,β-unsaturated/α-hetero) is 2. The molecule has 0 spiro atoms. The molecule has 6 N–H and O–H groups in total. The number of carbonyl (C=O) groups is 3. The first-order valence-electron chi connectivity index (χ1n) is 12.8. The van der Waals surface area contributed by atoms with Crippen molar-refractivity contribution in [1.29, 1.82) is 0 Å². The van der Waals surface area contributed by atoms with Crippen molar-refractivity contribution in [2.75, 3.05) is 14.1 Å². The van der Waals surface area contributed by atoms with Gasteiger partial charge in [-0.3, -0.25) is 19.3 Å². The van der Waals surface area contributed by atoms with Crippen LogP contribution in [0.1, 0.15) is 57.6 Å². The average molecular weight is 529 g/mol. The number of nitrogens with one attached hydrogen (secondary N) is 1. The molecular weight excluding hydrogens is 492 g/mol. The third-order valence-electron chi connectivity index (χ3n) is 8.30. The smallest absolute Gasteiger partial charge is 0.258 e. The van der Waals surface area contributed by atoms with E-state index in [1.807, 2.05) is 6.92 Å². The van der Waals surface area contributed by atoms with Gasteiger partial charge < -0.3 is 30.8 Å². The highest BCUT2D eigenvalue weighted by atomic mass is 16.4. The van der Waals surface area contributed by atoms with E-state index in [-0.39, 0.29) is 16.9 Å². The molecule has 3 aliphatic rings. The third-order valence-corrected chi connectivity index (χ3v) is 8.30. The van der Waals surface area contributed by atoms with Crippen LogP contribution in [0.4, 0.5) is 0 Å². The van der Waals surface area contributed by atoms with Crippen LogP contribution in [0, 0.1) is 11.8 Å². The maximum atomic E-state index is 14.1. The van der Waals surface area contributed by atoms with Crippen molar-refractivity contribution in [1.82, 2.24) is 10.2 Å². The summed E-state index contributed by atoms with van der Waals surface area (Å²) < 4.78 is 0. The second-order valence-electron chi connectivity index (χ2n) is 11.5. The summed E-state index contributed by atoms with van der Waals surface area (Å²) in [4.78, 5) is 42.5. The SMILES string of the molecule is CCCC(C)(C)NC(=O)C1=C(O)[C@@]2(O)C(=O)C3=C(O)c4c(O)cccc4[C@H](C)C3C(O)C2[C@H](N(C)C)C1=O. The molecule has 0 bridgehead atoms. The minimum Gasteiger partial charge on any atom is -0.508 e. The molecule has 0 saturated heterocycles. The molecule has 1 aromatic carbocycles. The summed E-state index contributed by atoms with van der Waals surface area (Å²) in [6.45, 7) is 7.12. The number of hydrogen-bond donors (Lipinski definition) is 6. The number of carbonyl (C=O) groups excluding carboxylic acids is 3. The number of benzene rings is 1. The molecule has 1 amide bonds. The van der Waals surface area contributed by atoms with E-state index in [9.17, 15) is 39.9 Å². The standard InChI is InChI=1S/C28H36N2O8/c1-7-11-27(3,4)29-26(37)18-23(34)20(30(5)6)19-22(33)15-12(2)13-9-8-10-14(31)16(13)21(32)17(15)24(35)28(19,38)25(18)36/h8-10,12,15,19-20,22,31-33,36,38H,7,11H2,1-6H3,(H,29,37)/t12-,15?,19?,20-,22?,28-/m0/s1. The summed E-state index contributed by atoms with van der Waals surface area (Å²) in [7, 11) is 3.03. The first-order valence-corrected chi connectivity index (χ1v) is 12.8. The van der Waals surface area contributed by atoms with Crippen molar-refractivity contribution in [2.24, 2.45) is 11.8 Å². The average Bonchev–Trinajstić information content (AvgIpc) is 2.80. The van der Waals surface area contributed by atoms with Crippen LogP contribution in [0.15, 0.2) is 35.1 Å². The van der Waals surface area contributed by atoms with Gasteiger partial charge in [-0.15, -0.1) is 0 Å². The number of nitrogens with zero attached hydrogens (tertiary/aromatic N) is 1. The molecule has 4 rings (SSSR count). The molecule has 0 heterocycles. The highest BCUT2D eigenvalue weighted by molar-refractivity contribution is 6.25. The Balaban J connectivity index is 1.97. The van der Waals surface area contributed by atoms with Gasteiger partial charge in [-0.1, -0.05) is 32.4 Å². The van der Waals surface area contributed by atoms with Gasteiger partial charge in [-0.05, 0) is 51.9 Å². The van der Waals surface area contributed by atoms with Crippen LogP contribution in [0.2, 0.25) is 0 Å². The molecule has 6 atom stereocenters. The minimum absolute atomic E-state index is 0.00681. The molecule has 10 heteroatoms. The predicted molar refractivity (Wildman–Crippen MR) is 138 cm³/mol. The zero-order valence-electron chi connectivity index (χ0n) is 22.4. The van der Waals surface area contributed by atoms with Gasteiger partial charge in [0.25, 0.3) is 5.91 Å². The van der Waals surface area contributed by atoms with Gasteiger partial charge in [0.1, 0.15) is 22.8 Å². The summed E-state index contributed by atoms with van der Waals surface area (Å²) in [5.74, 6) is -8.20. The van der Waals surface area contributed by atoms with E-state index in [1.54, 1.807) is 32.9 Å². The molecule has 0 radical (unpaired) electrons. The predicted octanol–water partition coefficient (Wildman–Crippen LogP) is 1.71. The van der Waals surface area contributed by atoms with Crippen LogP contribution in [-0.4, -0.2) is 85.3 Å². The first-order chi connectivity index (χ1) is 17.6. The Labute approximate surface area is 221 Å². The van der Waals surface area contributed by atoms with Gasteiger partial charge in [0.15, 0.2) is 11.4 Å². The number of hydrogen-bond acceptors (Lipinski definition) is 9. The van der Waals surface area contributed by atoms with Gasteiger partial charge >= 0.3 is 0 Å². The van der Waals surface area contributed by atoms with Crippen LogP contribution < -0.4 is 5.32 Å². The van der Waals surface area contributed by atoms with Crippen molar-refractivity contribution in [3.05, 3.63) is 46.2 Å². The number of aromatic hydroxyl groups is 1. The topological polar surface area (TPSA) is 168 Å². The van der Waals surface area contributed by atoms with E-state index in [2.05, 4.69) is 5.32 Å². The molecule has 3 unspecified atom stereocenters. The Morgan fingerprint density at radius 2 is 1.79 bits per heavy atom. The largest absolute Gasteiger partial charge is 0.508 e. The number of ketones is 2. The lowest BCUT2D eigenvalue weighted by atomic mass is 9.54.